The Morgan fingerprint density at radius 2 is 1.60 bits per heavy atom. The summed E-state index contributed by atoms with van der Waals surface area (Å²) in [4.78, 5) is 27.9. The number of carbonyl (C=O) groups excluding carboxylic acids is 2. The lowest BCUT2D eigenvalue weighted by Crippen LogP contribution is -2.52. The van der Waals surface area contributed by atoms with Gasteiger partial charge in [0.2, 0.25) is 11.8 Å². The lowest BCUT2D eigenvalue weighted by Gasteiger charge is -2.31. The molecule has 2 aromatic rings. The molecule has 0 aromatic heterocycles. The molecule has 2 unspecified atom stereocenters. The molecule has 0 aliphatic heterocycles. The minimum Gasteiger partial charge on any atom is -0.352 e. The fourth-order valence-electron chi connectivity index (χ4n) is 3.29. The van der Waals surface area contributed by atoms with Crippen LogP contribution in [-0.4, -0.2) is 35.3 Å². The molecule has 0 fully saturated rings. The van der Waals surface area contributed by atoms with Gasteiger partial charge in [0.25, 0.3) is 0 Å². The number of carbonyl (C=O) groups is 2. The van der Waals surface area contributed by atoms with Gasteiger partial charge in [0.1, 0.15) is 6.04 Å². The molecule has 0 radical (unpaired) electrons. The molecule has 0 spiro atoms. The Bertz CT molecular complexity index is 822. The molecule has 4 nitrogen and oxygen atoms in total. The van der Waals surface area contributed by atoms with Gasteiger partial charge in [-0.3, -0.25) is 9.59 Å². The van der Waals surface area contributed by atoms with E-state index in [2.05, 4.69) is 5.32 Å². The molecule has 2 rings (SSSR count). The van der Waals surface area contributed by atoms with E-state index in [0.717, 1.165) is 12.0 Å². The normalized spacial score (nSPS) is 12.8. The van der Waals surface area contributed by atoms with Gasteiger partial charge in [-0.1, -0.05) is 73.4 Å². The van der Waals surface area contributed by atoms with Crippen molar-refractivity contribution in [2.24, 2.45) is 0 Å². The van der Waals surface area contributed by atoms with E-state index in [1.807, 2.05) is 51.1 Å². The van der Waals surface area contributed by atoms with Crippen molar-refractivity contribution < 1.29 is 9.59 Å². The fraction of sp³-hybridized carbons (Fsp3) is 0.417. The van der Waals surface area contributed by atoms with Crippen LogP contribution in [0.3, 0.4) is 0 Å². The molecule has 162 valence electrons. The summed E-state index contributed by atoms with van der Waals surface area (Å²) in [6, 6.07) is 14.6. The summed E-state index contributed by atoms with van der Waals surface area (Å²) >= 11 is 12.6. The molecular formula is C24H30Cl2N2O2. The van der Waals surface area contributed by atoms with E-state index in [1.54, 1.807) is 23.1 Å². The predicted octanol–water partition coefficient (Wildman–Crippen LogP) is 5.30. The third-order valence-electron chi connectivity index (χ3n) is 5.26. The number of nitrogens with one attached hydrogen (secondary N) is 1. The van der Waals surface area contributed by atoms with Gasteiger partial charge >= 0.3 is 0 Å². The highest BCUT2D eigenvalue weighted by atomic mass is 35.5. The van der Waals surface area contributed by atoms with E-state index in [9.17, 15) is 9.59 Å². The summed E-state index contributed by atoms with van der Waals surface area (Å²) in [6.45, 7) is 6.34. The van der Waals surface area contributed by atoms with Gasteiger partial charge in [0.15, 0.2) is 0 Å². The van der Waals surface area contributed by atoms with Gasteiger partial charge < -0.3 is 10.2 Å². The first-order chi connectivity index (χ1) is 14.4. The highest BCUT2D eigenvalue weighted by Crippen LogP contribution is 2.25. The van der Waals surface area contributed by atoms with Crippen LogP contribution in [0.15, 0.2) is 48.5 Å². The first-order valence-corrected chi connectivity index (χ1v) is 11.2. The molecule has 1 N–H and O–H groups in total. The number of nitrogens with zero attached hydrogens (tertiary/aromatic N) is 1. The molecule has 0 heterocycles. The maximum absolute atomic E-state index is 13.3. The zero-order valence-electron chi connectivity index (χ0n) is 17.8. The molecule has 0 aliphatic rings. The van der Waals surface area contributed by atoms with Crippen molar-refractivity contribution in [2.45, 2.75) is 58.5 Å². The highest BCUT2D eigenvalue weighted by Gasteiger charge is 2.29. The number of amides is 2. The number of rotatable bonds is 10. The Morgan fingerprint density at radius 3 is 2.17 bits per heavy atom. The Labute approximate surface area is 189 Å². The van der Waals surface area contributed by atoms with E-state index >= 15 is 0 Å². The Balaban J connectivity index is 2.26. The van der Waals surface area contributed by atoms with Crippen LogP contribution in [0.5, 0.6) is 0 Å². The molecule has 6 heteroatoms. The maximum atomic E-state index is 13.3. The van der Waals surface area contributed by atoms with Gasteiger partial charge in [-0.05, 0) is 49.4 Å². The average molecular weight is 449 g/mol. The molecule has 2 aromatic carbocycles. The van der Waals surface area contributed by atoms with Crippen LogP contribution in [0, 0.1) is 0 Å². The summed E-state index contributed by atoms with van der Waals surface area (Å²) in [5.74, 6) is -0.286. The topological polar surface area (TPSA) is 49.4 Å². The van der Waals surface area contributed by atoms with Crippen molar-refractivity contribution in [2.75, 3.05) is 6.54 Å². The van der Waals surface area contributed by atoms with Gasteiger partial charge in [0.05, 0.1) is 6.42 Å². The minimum absolute atomic E-state index is 0.0515. The number of halogens is 2. The Kier molecular flexibility index (Phi) is 9.67. The number of hydrogen-bond donors (Lipinski definition) is 1. The largest absolute Gasteiger partial charge is 0.352 e. The highest BCUT2D eigenvalue weighted by molar-refractivity contribution is 6.36. The average Bonchev–Trinajstić information content (AvgIpc) is 2.74. The second-order valence-electron chi connectivity index (χ2n) is 7.44. The van der Waals surface area contributed by atoms with Crippen LogP contribution in [0.4, 0.5) is 0 Å². The minimum atomic E-state index is -0.545. The molecule has 30 heavy (non-hydrogen) atoms. The molecule has 2 amide bonds. The van der Waals surface area contributed by atoms with E-state index in [-0.39, 0.29) is 24.3 Å². The quantitative estimate of drug-likeness (QED) is 0.535. The van der Waals surface area contributed by atoms with E-state index in [1.165, 1.54) is 0 Å². The second-order valence-corrected chi connectivity index (χ2v) is 8.26. The lowest BCUT2D eigenvalue weighted by atomic mass is 10.1. The predicted molar refractivity (Wildman–Crippen MR) is 124 cm³/mol. The van der Waals surface area contributed by atoms with Crippen LogP contribution < -0.4 is 5.32 Å². The number of benzene rings is 2. The zero-order valence-corrected chi connectivity index (χ0v) is 19.3. The summed E-state index contributed by atoms with van der Waals surface area (Å²) in [5, 5.41) is 3.92. The van der Waals surface area contributed by atoms with E-state index < -0.39 is 6.04 Å². The fourth-order valence-corrected chi connectivity index (χ4v) is 3.82. The van der Waals surface area contributed by atoms with E-state index in [4.69, 9.17) is 23.2 Å². The van der Waals surface area contributed by atoms with Crippen LogP contribution in [0.25, 0.3) is 0 Å². The molecule has 0 bridgehead atoms. The van der Waals surface area contributed by atoms with Crippen molar-refractivity contribution in [3.63, 3.8) is 0 Å². The van der Waals surface area contributed by atoms with Crippen molar-refractivity contribution in [3.05, 3.63) is 69.7 Å². The third kappa shape index (κ3) is 6.75. The van der Waals surface area contributed by atoms with Crippen molar-refractivity contribution >= 4 is 35.0 Å². The van der Waals surface area contributed by atoms with Gasteiger partial charge in [-0.15, -0.1) is 0 Å². The molecule has 2 atom stereocenters. The lowest BCUT2D eigenvalue weighted by molar-refractivity contribution is -0.140. The summed E-state index contributed by atoms with van der Waals surface area (Å²) in [6.07, 6.45) is 2.07. The molecule has 0 aliphatic carbocycles. The third-order valence-corrected chi connectivity index (χ3v) is 5.97. The Hall–Kier alpha value is -2.04. The SMILES string of the molecule is CCC(C)NC(=O)C(CC)N(CCc1ccccc1)C(=O)Cc1c(Cl)cccc1Cl. The Morgan fingerprint density at radius 1 is 0.967 bits per heavy atom. The molecular weight excluding hydrogens is 419 g/mol. The molecule has 0 saturated heterocycles. The van der Waals surface area contributed by atoms with Crippen molar-refractivity contribution in [1.82, 2.24) is 10.2 Å². The monoisotopic (exact) mass is 448 g/mol. The van der Waals surface area contributed by atoms with Crippen LogP contribution in [0.1, 0.15) is 44.7 Å². The van der Waals surface area contributed by atoms with E-state index in [0.29, 0.717) is 35.0 Å². The molecule has 0 saturated carbocycles. The smallest absolute Gasteiger partial charge is 0.243 e. The van der Waals surface area contributed by atoms with Crippen molar-refractivity contribution in [1.29, 1.82) is 0 Å². The second kappa shape index (κ2) is 12.0. The van der Waals surface area contributed by atoms with Crippen LogP contribution in [-0.2, 0) is 22.4 Å². The first-order valence-electron chi connectivity index (χ1n) is 10.4. The maximum Gasteiger partial charge on any atom is 0.243 e. The summed E-state index contributed by atoms with van der Waals surface area (Å²) < 4.78 is 0. The van der Waals surface area contributed by atoms with Gasteiger partial charge in [0, 0.05) is 22.6 Å². The van der Waals surface area contributed by atoms with Gasteiger partial charge in [-0.25, -0.2) is 0 Å². The standard InChI is InChI=1S/C24H30Cl2N2O2/c1-4-17(3)27-24(30)22(5-2)28(15-14-18-10-7-6-8-11-18)23(29)16-19-20(25)12-9-13-21(19)26/h6-13,17,22H,4-5,14-16H2,1-3H3,(H,27,30). The first kappa shape index (κ1) is 24.2. The van der Waals surface area contributed by atoms with Crippen LogP contribution in [0.2, 0.25) is 10.0 Å². The zero-order chi connectivity index (χ0) is 22.1. The number of hydrogen-bond acceptors (Lipinski definition) is 2. The van der Waals surface area contributed by atoms with Gasteiger partial charge in [-0.2, -0.15) is 0 Å². The van der Waals surface area contributed by atoms with Crippen LogP contribution >= 0.6 is 23.2 Å². The van der Waals surface area contributed by atoms with Crippen molar-refractivity contribution in [3.8, 4) is 0 Å². The summed E-state index contributed by atoms with van der Waals surface area (Å²) in [7, 11) is 0. The summed E-state index contributed by atoms with van der Waals surface area (Å²) in [5.41, 5.74) is 1.70.